The first kappa shape index (κ1) is 15.8. The molecule has 0 bridgehead atoms. The summed E-state index contributed by atoms with van der Waals surface area (Å²) in [5.74, 6) is 0.505. The van der Waals surface area contributed by atoms with Crippen LogP contribution in [0, 0.1) is 6.92 Å². The van der Waals surface area contributed by atoms with Crippen molar-refractivity contribution in [2.45, 2.75) is 25.8 Å². The molecule has 128 valence electrons. The Morgan fingerprint density at radius 2 is 2.00 bits per heavy atom. The van der Waals surface area contributed by atoms with Crippen LogP contribution in [0.25, 0.3) is 22.0 Å². The van der Waals surface area contributed by atoms with Crippen LogP contribution in [0.4, 0.5) is 5.82 Å². The second-order valence-electron chi connectivity index (χ2n) is 6.59. The van der Waals surface area contributed by atoms with Gasteiger partial charge in [-0.05, 0) is 62.2 Å². The van der Waals surface area contributed by atoms with E-state index in [9.17, 15) is 4.79 Å². The van der Waals surface area contributed by atoms with Crippen molar-refractivity contribution in [1.82, 2.24) is 19.9 Å². The molecule has 0 saturated carbocycles. The molecule has 0 radical (unpaired) electrons. The van der Waals surface area contributed by atoms with Crippen LogP contribution in [0.1, 0.15) is 24.4 Å². The standard InChI is InChI=1S/C19H21N5O/c1-12-8-18(20)22-10-16(12)13-2-3-15-17(9-13)23-11-24(19(15)25)14-4-6-21-7-5-14/h2-3,8-11,14,21H,4-7H2,1H3,(H2,20,22). The number of fused-ring (bicyclic) bond motifs is 1. The van der Waals surface area contributed by atoms with Gasteiger partial charge in [0.15, 0.2) is 0 Å². The van der Waals surface area contributed by atoms with E-state index in [2.05, 4.69) is 15.3 Å². The molecule has 0 aliphatic carbocycles. The summed E-state index contributed by atoms with van der Waals surface area (Å²) in [7, 11) is 0. The van der Waals surface area contributed by atoms with Gasteiger partial charge < -0.3 is 11.1 Å². The van der Waals surface area contributed by atoms with Crippen molar-refractivity contribution in [3.05, 3.63) is 52.7 Å². The van der Waals surface area contributed by atoms with Gasteiger partial charge in [0.05, 0.1) is 17.2 Å². The number of nitrogens with zero attached hydrogens (tertiary/aromatic N) is 3. The molecule has 2 aromatic heterocycles. The lowest BCUT2D eigenvalue weighted by Gasteiger charge is -2.24. The van der Waals surface area contributed by atoms with Gasteiger partial charge in [0.25, 0.3) is 5.56 Å². The zero-order valence-electron chi connectivity index (χ0n) is 14.2. The highest BCUT2D eigenvalue weighted by molar-refractivity contribution is 5.84. The topological polar surface area (TPSA) is 85.8 Å². The van der Waals surface area contributed by atoms with E-state index in [0.29, 0.717) is 16.7 Å². The lowest BCUT2D eigenvalue weighted by molar-refractivity contribution is 0.359. The lowest BCUT2D eigenvalue weighted by Crippen LogP contribution is -2.34. The average Bonchev–Trinajstić information content (AvgIpc) is 2.62. The van der Waals surface area contributed by atoms with Crippen molar-refractivity contribution >= 4 is 16.7 Å². The van der Waals surface area contributed by atoms with E-state index in [1.807, 2.05) is 31.2 Å². The van der Waals surface area contributed by atoms with Crippen molar-refractivity contribution in [3.63, 3.8) is 0 Å². The van der Waals surface area contributed by atoms with Crippen LogP contribution in [0.5, 0.6) is 0 Å². The molecule has 1 saturated heterocycles. The molecule has 6 nitrogen and oxygen atoms in total. The molecule has 6 heteroatoms. The number of nitrogens with one attached hydrogen (secondary N) is 1. The molecule has 1 fully saturated rings. The minimum Gasteiger partial charge on any atom is -0.384 e. The number of aryl methyl sites for hydroxylation is 1. The van der Waals surface area contributed by atoms with E-state index in [0.717, 1.165) is 42.6 Å². The zero-order chi connectivity index (χ0) is 17.4. The zero-order valence-corrected chi connectivity index (χ0v) is 14.2. The van der Waals surface area contributed by atoms with E-state index in [1.165, 1.54) is 0 Å². The average molecular weight is 335 g/mol. The van der Waals surface area contributed by atoms with Crippen LogP contribution in [0.15, 0.2) is 41.6 Å². The highest BCUT2D eigenvalue weighted by Crippen LogP contribution is 2.26. The minimum absolute atomic E-state index is 0.0376. The fraction of sp³-hybridized carbons (Fsp3) is 0.316. The molecule has 25 heavy (non-hydrogen) atoms. The number of nitrogens with two attached hydrogens (primary N) is 1. The molecule has 0 unspecified atom stereocenters. The number of pyridine rings is 1. The van der Waals surface area contributed by atoms with Crippen LogP contribution in [-0.2, 0) is 0 Å². The van der Waals surface area contributed by atoms with Crippen molar-refractivity contribution in [3.8, 4) is 11.1 Å². The summed E-state index contributed by atoms with van der Waals surface area (Å²) in [5.41, 5.74) is 9.52. The monoisotopic (exact) mass is 335 g/mol. The Balaban J connectivity index is 1.78. The summed E-state index contributed by atoms with van der Waals surface area (Å²) in [6, 6.07) is 7.85. The predicted molar refractivity (Wildman–Crippen MR) is 99.5 cm³/mol. The molecule has 1 aromatic carbocycles. The Morgan fingerprint density at radius 3 is 2.76 bits per heavy atom. The van der Waals surface area contributed by atoms with Gasteiger partial charge >= 0.3 is 0 Å². The number of nitrogen functional groups attached to an aromatic ring is 1. The van der Waals surface area contributed by atoms with Gasteiger partial charge in [-0.3, -0.25) is 9.36 Å². The van der Waals surface area contributed by atoms with E-state index in [4.69, 9.17) is 5.73 Å². The normalized spacial score (nSPS) is 15.6. The first-order valence-corrected chi connectivity index (χ1v) is 8.57. The summed E-state index contributed by atoms with van der Waals surface area (Å²) in [4.78, 5) is 21.6. The molecule has 3 aromatic rings. The fourth-order valence-corrected chi connectivity index (χ4v) is 3.53. The highest BCUT2D eigenvalue weighted by Gasteiger charge is 2.17. The van der Waals surface area contributed by atoms with Crippen LogP contribution < -0.4 is 16.6 Å². The fourth-order valence-electron chi connectivity index (χ4n) is 3.53. The van der Waals surface area contributed by atoms with Crippen LogP contribution in [-0.4, -0.2) is 27.6 Å². The van der Waals surface area contributed by atoms with Crippen molar-refractivity contribution < 1.29 is 0 Å². The summed E-state index contributed by atoms with van der Waals surface area (Å²) in [6.45, 7) is 3.88. The third-order valence-electron chi connectivity index (χ3n) is 4.93. The van der Waals surface area contributed by atoms with Crippen LogP contribution >= 0.6 is 0 Å². The maximum atomic E-state index is 12.9. The van der Waals surface area contributed by atoms with Gasteiger partial charge in [-0.25, -0.2) is 9.97 Å². The SMILES string of the molecule is Cc1cc(N)ncc1-c1ccc2c(=O)n(C3CCNCC3)cnc2c1. The summed E-state index contributed by atoms with van der Waals surface area (Å²) >= 11 is 0. The first-order valence-electron chi connectivity index (χ1n) is 8.57. The molecule has 1 aliphatic heterocycles. The molecule has 3 heterocycles. The number of anilines is 1. The lowest BCUT2D eigenvalue weighted by atomic mass is 10.0. The molecule has 0 amide bonds. The predicted octanol–water partition coefficient (Wildman–Crippen LogP) is 2.27. The van der Waals surface area contributed by atoms with Gasteiger partial charge in [0.2, 0.25) is 0 Å². The number of piperidine rings is 1. The van der Waals surface area contributed by atoms with Gasteiger partial charge in [-0.15, -0.1) is 0 Å². The number of hydrogen-bond donors (Lipinski definition) is 2. The maximum Gasteiger partial charge on any atom is 0.261 e. The largest absolute Gasteiger partial charge is 0.384 e. The van der Waals surface area contributed by atoms with Crippen molar-refractivity contribution in [2.75, 3.05) is 18.8 Å². The minimum atomic E-state index is 0.0376. The van der Waals surface area contributed by atoms with E-state index >= 15 is 0 Å². The summed E-state index contributed by atoms with van der Waals surface area (Å²) in [5, 5.41) is 3.98. The third kappa shape index (κ3) is 2.89. The van der Waals surface area contributed by atoms with Crippen LogP contribution in [0.2, 0.25) is 0 Å². The molecule has 0 spiro atoms. The maximum absolute atomic E-state index is 12.9. The molecular weight excluding hydrogens is 314 g/mol. The van der Waals surface area contributed by atoms with Gasteiger partial charge in [-0.2, -0.15) is 0 Å². The third-order valence-corrected chi connectivity index (χ3v) is 4.93. The Hall–Kier alpha value is -2.73. The van der Waals surface area contributed by atoms with Gasteiger partial charge in [-0.1, -0.05) is 6.07 Å². The van der Waals surface area contributed by atoms with E-state index < -0.39 is 0 Å². The number of benzene rings is 1. The molecule has 0 atom stereocenters. The quantitative estimate of drug-likeness (QED) is 0.750. The second-order valence-corrected chi connectivity index (χ2v) is 6.59. The van der Waals surface area contributed by atoms with Crippen molar-refractivity contribution in [2.24, 2.45) is 0 Å². The van der Waals surface area contributed by atoms with Crippen LogP contribution in [0.3, 0.4) is 0 Å². The number of aromatic nitrogens is 3. The van der Waals surface area contributed by atoms with Crippen molar-refractivity contribution in [1.29, 1.82) is 0 Å². The molecular formula is C19H21N5O. The van der Waals surface area contributed by atoms with Gasteiger partial charge in [0.1, 0.15) is 5.82 Å². The number of hydrogen-bond acceptors (Lipinski definition) is 5. The Labute approximate surface area is 145 Å². The Bertz CT molecular complexity index is 989. The number of rotatable bonds is 2. The molecule has 4 rings (SSSR count). The molecule has 1 aliphatic rings. The summed E-state index contributed by atoms with van der Waals surface area (Å²) in [6.07, 6.45) is 5.38. The van der Waals surface area contributed by atoms with E-state index in [1.54, 1.807) is 17.1 Å². The summed E-state index contributed by atoms with van der Waals surface area (Å²) < 4.78 is 1.79. The Morgan fingerprint density at radius 1 is 1.20 bits per heavy atom. The van der Waals surface area contributed by atoms with E-state index in [-0.39, 0.29) is 11.6 Å². The first-order chi connectivity index (χ1) is 12.1. The Kier molecular flexibility index (Phi) is 3.97. The van der Waals surface area contributed by atoms with Gasteiger partial charge in [0, 0.05) is 17.8 Å². The second kappa shape index (κ2) is 6.29. The highest BCUT2D eigenvalue weighted by atomic mass is 16.1. The smallest absolute Gasteiger partial charge is 0.261 e. The molecule has 3 N–H and O–H groups in total.